The van der Waals surface area contributed by atoms with Crippen molar-refractivity contribution in [2.75, 3.05) is 18.9 Å². The highest BCUT2D eigenvalue weighted by atomic mass is 32.2. The van der Waals surface area contributed by atoms with Gasteiger partial charge in [0.15, 0.2) is 12.2 Å². The number of aliphatic hydroxyl groups excluding tert-OH is 3. The Morgan fingerprint density at radius 1 is 1.36 bits per heavy atom. The average Bonchev–Trinajstić information content (AvgIpc) is 3.02. The van der Waals surface area contributed by atoms with Crippen LogP contribution in [0.5, 0.6) is 0 Å². The van der Waals surface area contributed by atoms with Crippen LogP contribution in [-0.4, -0.2) is 77.9 Å². The Labute approximate surface area is 144 Å². The summed E-state index contributed by atoms with van der Waals surface area (Å²) in [6.45, 7) is 0.333. The maximum Gasteiger partial charge on any atom is 0.350 e. The lowest BCUT2D eigenvalue weighted by atomic mass is 10.2. The number of anilines is 1. The Hall–Kier alpha value is -2.19. The van der Waals surface area contributed by atoms with Crippen LogP contribution in [-0.2, 0) is 14.3 Å². The first kappa shape index (κ1) is 20.9. The van der Waals surface area contributed by atoms with Crippen molar-refractivity contribution >= 4 is 29.5 Å². The minimum absolute atomic E-state index is 0.0572. The second-order valence-electron chi connectivity index (χ2n) is 4.64. The number of hydrogen-bond acceptors (Lipinski definition) is 10. The summed E-state index contributed by atoms with van der Waals surface area (Å²) in [6.07, 6.45) is -2.94. The first-order valence-electron chi connectivity index (χ1n) is 6.71. The standard InChI is InChI=1S/C8H11N3O3S.C4H6O6/c9-5-1-2-11(8(13)10-5)6-4-14-7(3-12)15-6;5-1(3(7)8)2(6)4(9)10/h1-2,6-7,12H,3-4H2,(H2,9,10,13);1-2,5-6H,(H,7,8)(H,9,10)/t6-,7-;1-,2-/m11/s1. The predicted molar refractivity (Wildman–Crippen MR) is 83.6 cm³/mol. The van der Waals surface area contributed by atoms with Crippen molar-refractivity contribution in [2.24, 2.45) is 0 Å². The summed E-state index contributed by atoms with van der Waals surface area (Å²) < 4.78 is 6.70. The minimum atomic E-state index is -2.27. The summed E-state index contributed by atoms with van der Waals surface area (Å²) in [4.78, 5) is 34.6. The molecule has 1 saturated heterocycles. The maximum atomic E-state index is 11.5. The van der Waals surface area contributed by atoms with Crippen LogP contribution in [0.4, 0.5) is 5.82 Å². The van der Waals surface area contributed by atoms with E-state index in [4.69, 9.17) is 36.0 Å². The van der Waals surface area contributed by atoms with Crippen LogP contribution < -0.4 is 11.4 Å². The molecule has 0 saturated carbocycles. The van der Waals surface area contributed by atoms with E-state index in [1.165, 1.54) is 16.3 Å². The minimum Gasteiger partial charge on any atom is -0.479 e. The number of aliphatic carboxylic acids is 2. The molecule has 2 rings (SSSR count). The van der Waals surface area contributed by atoms with Gasteiger partial charge >= 0.3 is 17.6 Å². The van der Waals surface area contributed by atoms with Crippen molar-refractivity contribution in [3.8, 4) is 0 Å². The molecule has 2 heterocycles. The number of carboxylic acid groups (broad SMARTS) is 2. The lowest BCUT2D eigenvalue weighted by Crippen LogP contribution is -2.39. The molecule has 4 atom stereocenters. The van der Waals surface area contributed by atoms with Crippen molar-refractivity contribution in [2.45, 2.75) is 23.0 Å². The fourth-order valence-corrected chi connectivity index (χ4v) is 2.64. The third-order valence-corrected chi connectivity index (χ3v) is 4.12. The normalized spacial score (nSPS) is 21.7. The number of ether oxygens (including phenoxy) is 1. The van der Waals surface area contributed by atoms with Gasteiger partial charge in [-0.2, -0.15) is 4.98 Å². The van der Waals surface area contributed by atoms with E-state index < -0.39 is 29.8 Å². The zero-order chi connectivity index (χ0) is 19.1. The molecule has 13 heteroatoms. The first-order chi connectivity index (χ1) is 11.7. The summed E-state index contributed by atoms with van der Waals surface area (Å²) in [5.41, 5.74) is 4.72. The van der Waals surface area contributed by atoms with Gasteiger partial charge in [0.05, 0.1) is 13.2 Å². The number of rotatable bonds is 5. The molecule has 1 aromatic heterocycles. The number of thioether (sulfide) groups is 1. The molecular weight excluding hydrogens is 362 g/mol. The molecule has 1 fully saturated rings. The predicted octanol–water partition coefficient (Wildman–Crippen LogP) is -2.72. The fourth-order valence-electron chi connectivity index (χ4n) is 1.60. The molecule has 0 aromatic carbocycles. The fraction of sp³-hybridized carbons (Fsp3) is 0.500. The van der Waals surface area contributed by atoms with E-state index in [1.807, 2.05) is 0 Å². The molecular formula is C12H17N3O9S. The van der Waals surface area contributed by atoms with Gasteiger partial charge in [-0.05, 0) is 6.07 Å². The molecule has 12 nitrogen and oxygen atoms in total. The molecule has 0 bridgehead atoms. The van der Waals surface area contributed by atoms with Crippen molar-refractivity contribution in [3.05, 3.63) is 22.7 Å². The summed E-state index contributed by atoms with van der Waals surface area (Å²) in [5.74, 6) is -3.33. The molecule has 140 valence electrons. The van der Waals surface area contributed by atoms with E-state index >= 15 is 0 Å². The quantitative estimate of drug-likeness (QED) is 0.309. The molecule has 0 unspecified atom stereocenters. The van der Waals surface area contributed by atoms with Crippen LogP contribution in [0.3, 0.4) is 0 Å². The van der Waals surface area contributed by atoms with Gasteiger partial charge in [0, 0.05) is 6.20 Å². The average molecular weight is 379 g/mol. The Balaban J connectivity index is 0.000000275. The number of carbonyl (C=O) groups is 2. The largest absolute Gasteiger partial charge is 0.479 e. The summed E-state index contributed by atoms with van der Waals surface area (Å²) in [6, 6.07) is 1.56. The smallest absolute Gasteiger partial charge is 0.350 e. The van der Waals surface area contributed by atoms with E-state index in [9.17, 15) is 14.4 Å². The highest BCUT2D eigenvalue weighted by Crippen LogP contribution is 2.34. The zero-order valence-electron chi connectivity index (χ0n) is 12.6. The lowest BCUT2D eigenvalue weighted by molar-refractivity contribution is -0.165. The number of nitrogens with zero attached hydrogens (tertiary/aromatic N) is 2. The number of carboxylic acids is 2. The van der Waals surface area contributed by atoms with Gasteiger partial charge in [-0.3, -0.25) is 4.57 Å². The van der Waals surface area contributed by atoms with Crippen molar-refractivity contribution < 1.29 is 39.9 Å². The number of aliphatic hydroxyl groups is 3. The lowest BCUT2D eigenvalue weighted by Gasteiger charge is -2.10. The third-order valence-electron chi connectivity index (χ3n) is 2.85. The Bertz CT molecular complexity index is 649. The Morgan fingerprint density at radius 2 is 1.92 bits per heavy atom. The van der Waals surface area contributed by atoms with Gasteiger partial charge in [0.2, 0.25) is 0 Å². The summed E-state index contributed by atoms with van der Waals surface area (Å²) in [7, 11) is 0. The van der Waals surface area contributed by atoms with Crippen LogP contribution in [0.25, 0.3) is 0 Å². The van der Waals surface area contributed by atoms with E-state index in [-0.39, 0.29) is 23.2 Å². The van der Waals surface area contributed by atoms with Crippen molar-refractivity contribution in [1.82, 2.24) is 9.55 Å². The van der Waals surface area contributed by atoms with Gasteiger partial charge in [-0.1, -0.05) is 0 Å². The molecule has 0 aliphatic carbocycles. The summed E-state index contributed by atoms with van der Waals surface area (Å²) in [5, 5.41) is 41.3. The van der Waals surface area contributed by atoms with Crippen LogP contribution in [0.2, 0.25) is 0 Å². The molecule has 1 aliphatic heterocycles. The molecule has 7 N–H and O–H groups in total. The van der Waals surface area contributed by atoms with Gasteiger partial charge in [-0.15, -0.1) is 11.8 Å². The Kier molecular flexibility index (Phi) is 7.79. The van der Waals surface area contributed by atoms with E-state index in [1.54, 1.807) is 12.3 Å². The monoisotopic (exact) mass is 379 g/mol. The van der Waals surface area contributed by atoms with Gasteiger partial charge in [0.25, 0.3) is 0 Å². The first-order valence-corrected chi connectivity index (χ1v) is 7.66. The van der Waals surface area contributed by atoms with E-state index in [2.05, 4.69) is 4.98 Å². The molecule has 1 aromatic rings. The number of nitrogens with two attached hydrogens (primary N) is 1. The second-order valence-corrected chi connectivity index (χ2v) is 5.99. The third kappa shape index (κ3) is 5.99. The molecule has 0 amide bonds. The van der Waals surface area contributed by atoms with Gasteiger partial charge in [-0.25, -0.2) is 14.4 Å². The van der Waals surface area contributed by atoms with Crippen molar-refractivity contribution in [3.63, 3.8) is 0 Å². The highest BCUT2D eigenvalue weighted by molar-refractivity contribution is 8.00. The topological polar surface area (TPSA) is 205 Å². The number of hydrogen-bond donors (Lipinski definition) is 6. The second kappa shape index (κ2) is 9.33. The van der Waals surface area contributed by atoms with E-state index in [0.717, 1.165) is 0 Å². The van der Waals surface area contributed by atoms with Crippen LogP contribution in [0.15, 0.2) is 17.1 Å². The summed E-state index contributed by atoms with van der Waals surface area (Å²) >= 11 is 1.39. The van der Waals surface area contributed by atoms with Gasteiger partial charge < -0.3 is 36.0 Å². The molecule has 0 radical (unpaired) electrons. The van der Waals surface area contributed by atoms with E-state index in [0.29, 0.717) is 6.61 Å². The maximum absolute atomic E-state index is 11.5. The zero-order valence-corrected chi connectivity index (χ0v) is 13.4. The van der Waals surface area contributed by atoms with Crippen LogP contribution in [0.1, 0.15) is 5.37 Å². The van der Waals surface area contributed by atoms with Gasteiger partial charge in [0.1, 0.15) is 16.6 Å². The number of aromatic nitrogens is 2. The molecule has 25 heavy (non-hydrogen) atoms. The van der Waals surface area contributed by atoms with Crippen LogP contribution >= 0.6 is 11.8 Å². The highest BCUT2D eigenvalue weighted by Gasteiger charge is 2.29. The molecule has 1 aliphatic rings. The number of nitrogen functional groups attached to an aromatic ring is 1. The Morgan fingerprint density at radius 3 is 2.32 bits per heavy atom. The van der Waals surface area contributed by atoms with Crippen molar-refractivity contribution in [1.29, 1.82) is 0 Å². The SMILES string of the molecule is Nc1ccn([C@H]2CO[C@@H](CO)S2)c(=O)n1.O=C(O)[C@H](O)[C@@H](O)C(=O)O. The molecule has 0 spiro atoms. The van der Waals surface area contributed by atoms with Crippen LogP contribution in [0, 0.1) is 0 Å².